The molecule has 0 amide bonds. The fraction of sp³-hybridized carbons (Fsp3) is 0.769. The van der Waals surface area contributed by atoms with Crippen LogP contribution in [0.4, 0.5) is 0 Å². The summed E-state index contributed by atoms with van der Waals surface area (Å²) in [6, 6.07) is 0.391. The van der Waals surface area contributed by atoms with Gasteiger partial charge in [0.15, 0.2) is 0 Å². The molecule has 2 rings (SSSR count). The van der Waals surface area contributed by atoms with Crippen molar-refractivity contribution in [1.82, 2.24) is 15.2 Å². The average molecular weight is 253 g/mol. The minimum absolute atomic E-state index is 0.391. The monoisotopic (exact) mass is 253 g/mol. The van der Waals surface area contributed by atoms with Crippen LogP contribution in [-0.2, 0) is 0 Å². The number of thiazole rings is 1. The van der Waals surface area contributed by atoms with Gasteiger partial charge in [0.25, 0.3) is 0 Å². The molecule has 0 radical (unpaired) electrons. The summed E-state index contributed by atoms with van der Waals surface area (Å²) in [5.41, 5.74) is 0. The zero-order valence-electron chi connectivity index (χ0n) is 10.7. The van der Waals surface area contributed by atoms with E-state index in [-0.39, 0.29) is 0 Å². The summed E-state index contributed by atoms with van der Waals surface area (Å²) in [4.78, 5) is 6.93. The first kappa shape index (κ1) is 13.0. The second kappa shape index (κ2) is 7.09. The Morgan fingerprint density at radius 2 is 2.12 bits per heavy atom. The molecule has 0 aromatic carbocycles. The largest absolute Gasteiger partial charge is 0.307 e. The minimum atomic E-state index is 0.391. The van der Waals surface area contributed by atoms with E-state index in [4.69, 9.17) is 0 Å². The first-order valence-corrected chi connectivity index (χ1v) is 7.59. The third-order valence-electron chi connectivity index (χ3n) is 3.40. The quantitative estimate of drug-likeness (QED) is 0.874. The molecule has 1 atom stereocenters. The van der Waals surface area contributed by atoms with Gasteiger partial charge in [-0.05, 0) is 32.9 Å². The molecule has 0 spiro atoms. The van der Waals surface area contributed by atoms with Crippen molar-refractivity contribution >= 4 is 11.3 Å². The fourth-order valence-electron chi connectivity index (χ4n) is 2.33. The Bertz CT molecular complexity index is 292. The highest BCUT2D eigenvalue weighted by atomic mass is 32.1. The van der Waals surface area contributed by atoms with E-state index in [1.54, 1.807) is 11.3 Å². The van der Waals surface area contributed by atoms with Gasteiger partial charge in [-0.2, -0.15) is 0 Å². The predicted molar refractivity (Wildman–Crippen MR) is 73.4 cm³/mol. The van der Waals surface area contributed by atoms with E-state index >= 15 is 0 Å². The number of nitrogens with one attached hydrogen (secondary N) is 1. The molecular weight excluding hydrogens is 230 g/mol. The van der Waals surface area contributed by atoms with Crippen LogP contribution in [0, 0.1) is 0 Å². The third-order valence-corrected chi connectivity index (χ3v) is 4.36. The van der Waals surface area contributed by atoms with Crippen LogP contribution in [0.15, 0.2) is 11.6 Å². The van der Waals surface area contributed by atoms with Gasteiger partial charge in [0.2, 0.25) is 0 Å². The molecule has 0 saturated carbocycles. The summed E-state index contributed by atoms with van der Waals surface area (Å²) in [7, 11) is 0. The van der Waals surface area contributed by atoms with E-state index in [1.165, 1.54) is 50.3 Å². The number of rotatable bonds is 5. The second-order valence-electron chi connectivity index (χ2n) is 4.80. The molecule has 1 unspecified atom stereocenters. The fourth-order valence-corrected chi connectivity index (χ4v) is 3.00. The Kier molecular flexibility index (Phi) is 5.42. The lowest BCUT2D eigenvalue weighted by Crippen LogP contribution is -2.33. The zero-order chi connectivity index (χ0) is 11.9. The molecule has 96 valence electrons. The lowest BCUT2D eigenvalue weighted by molar-refractivity contribution is 0.280. The highest BCUT2D eigenvalue weighted by Gasteiger charge is 2.10. The maximum absolute atomic E-state index is 4.34. The minimum Gasteiger partial charge on any atom is -0.307 e. The Morgan fingerprint density at radius 1 is 1.35 bits per heavy atom. The van der Waals surface area contributed by atoms with E-state index in [2.05, 4.69) is 22.1 Å². The van der Waals surface area contributed by atoms with Crippen LogP contribution in [0.5, 0.6) is 0 Å². The van der Waals surface area contributed by atoms with Crippen LogP contribution in [-0.4, -0.2) is 36.1 Å². The maximum Gasteiger partial charge on any atom is 0.109 e. The molecule has 1 N–H and O–H groups in total. The van der Waals surface area contributed by atoms with E-state index < -0.39 is 0 Å². The van der Waals surface area contributed by atoms with Crippen molar-refractivity contribution in [2.24, 2.45) is 0 Å². The van der Waals surface area contributed by atoms with Crippen LogP contribution < -0.4 is 5.32 Å². The second-order valence-corrected chi connectivity index (χ2v) is 5.73. The lowest BCUT2D eigenvalue weighted by atomic mass is 10.2. The summed E-state index contributed by atoms with van der Waals surface area (Å²) >= 11 is 1.73. The van der Waals surface area contributed by atoms with Gasteiger partial charge >= 0.3 is 0 Å². The third kappa shape index (κ3) is 4.37. The molecule has 17 heavy (non-hydrogen) atoms. The lowest BCUT2D eigenvalue weighted by Gasteiger charge is -2.21. The molecule has 1 aromatic heterocycles. The number of likely N-dealkylation sites (tertiary alicyclic amines) is 1. The average Bonchev–Trinajstić information content (AvgIpc) is 2.75. The molecule has 1 aliphatic heterocycles. The van der Waals surface area contributed by atoms with Crippen molar-refractivity contribution in [2.75, 3.05) is 26.2 Å². The van der Waals surface area contributed by atoms with Crippen molar-refractivity contribution in [2.45, 2.75) is 38.6 Å². The summed E-state index contributed by atoms with van der Waals surface area (Å²) in [5.74, 6) is 0. The molecule has 1 aliphatic rings. The van der Waals surface area contributed by atoms with Crippen molar-refractivity contribution in [1.29, 1.82) is 0 Å². The van der Waals surface area contributed by atoms with Gasteiger partial charge < -0.3 is 10.2 Å². The van der Waals surface area contributed by atoms with Crippen LogP contribution in [0.1, 0.15) is 43.7 Å². The molecule has 3 nitrogen and oxygen atoms in total. The Labute approximate surface area is 108 Å². The zero-order valence-corrected chi connectivity index (χ0v) is 11.5. The standard InChI is InChI=1S/C13H23N3S/c1-12(13-15-7-11-17-13)14-6-10-16-8-4-2-3-5-9-16/h7,11-12,14H,2-6,8-10H2,1H3. The Balaban J connectivity index is 1.65. The van der Waals surface area contributed by atoms with Gasteiger partial charge in [0.1, 0.15) is 5.01 Å². The highest BCUT2D eigenvalue weighted by molar-refractivity contribution is 7.09. The predicted octanol–water partition coefficient (Wildman–Crippen LogP) is 2.67. The highest BCUT2D eigenvalue weighted by Crippen LogP contribution is 2.14. The first-order valence-electron chi connectivity index (χ1n) is 6.71. The molecule has 0 bridgehead atoms. The summed E-state index contributed by atoms with van der Waals surface area (Å²) in [6.45, 7) is 7.01. The molecule has 1 aromatic rings. The van der Waals surface area contributed by atoms with Gasteiger partial charge in [-0.25, -0.2) is 4.98 Å². The summed E-state index contributed by atoms with van der Waals surface area (Å²) < 4.78 is 0. The summed E-state index contributed by atoms with van der Waals surface area (Å²) in [6.07, 6.45) is 7.47. The summed E-state index contributed by atoms with van der Waals surface area (Å²) in [5, 5.41) is 6.80. The van der Waals surface area contributed by atoms with Gasteiger partial charge in [0.05, 0.1) is 6.04 Å². The normalized spacial score (nSPS) is 20.1. The molecule has 1 fully saturated rings. The van der Waals surface area contributed by atoms with E-state index in [0.717, 1.165) is 6.54 Å². The van der Waals surface area contributed by atoms with Gasteiger partial charge in [-0.1, -0.05) is 12.8 Å². The van der Waals surface area contributed by atoms with Crippen molar-refractivity contribution in [3.8, 4) is 0 Å². The van der Waals surface area contributed by atoms with Crippen molar-refractivity contribution in [3.05, 3.63) is 16.6 Å². The molecule has 0 aliphatic carbocycles. The van der Waals surface area contributed by atoms with Crippen molar-refractivity contribution in [3.63, 3.8) is 0 Å². The van der Waals surface area contributed by atoms with E-state index in [0.29, 0.717) is 6.04 Å². The number of aromatic nitrogens is 1. The van der Waals surface area contributed by atoms with Crippen LogP contribution in [0.3, 0.4) is 0 Å². The van der Waals surface area contributed by atoms with E-state index in [9.17, 15) is 0 Å². The van der Waals surface area contributed by atoms with Gasteiger partial charge in [-0.3, -0.25) is 0 Å². The maximum atomic E-state index is 4.34. The molecule has 1 saturated heterocycles. The number of nitrogens with zero attached hydrogens (tertiary/aromatic N) is 2. The molecular formula is C13H23N3S. The molecule has 4 heteroatoms. The van der Waals surface area contributed by atoms with Crippen LogP contribution >= 0.6 is 11.3 Å². The van der Waals surface area contributed by atoms with Crippen molar-refractivity contribution < 1.29 is 0 Å². The van der Waals surface area contributed by atoms with E-state index in [1.807, 2.05) is 11.6 Å². The van der Waals surface area contributed by atoms with Crippen LogP contribution in [0.25, 0.3) is 0 Å². The smallest absolute Gasteiger partial charge is 0.109 e. The topological polar surface area (TPSA) is 28.2 Å². The number of hydrogen-bond acceptors (Lipinski definition) is 4. The Morgan fingerprint density at radius 3 is 2.76 bits per heavy atom. The van der Waals surface area contributed by atoms with Crippen LogP contribution in [0.2, 0.25) is 0 Å². The van der Waals surface area contributed by atoms with Gasteiger partial charge in [0, 0.05) is 24.7 Å². The van der Waals surface area contributed by atoms with Gasteiger partial charge in [-0.15, -0.1) is 11.3 Å². The number of hydrogen-bond donors (Lipinski definition) is 1. The molecule has 2 heterocycles. The first-order chi connectivity index (χ1) is 8.36. The Hall–Kier alpha value is -0.450. The SMILES string of the molecule is CC(NCCN1CCCCCC1)c1nccs1.